The van der Waals surface area contributed by atoms with Crippen LogP contribution in [-0.2, 0) is 11.2 Å². The van der Waals surface area contributed by atoms with Gasteiger partial charge in [-0.1, -0.05) is 12.1 Å². The molecule has 0 aromatic heterocycles. The van der Waals surface area contributed by atoms with Crippen LogP contribution in [0.15, 0.2) is 24.3 Å². The molecule has 1 aromatic rings. The molecule has 0 bridgehead atoms. The molecule has 2 atom stereocenters. The number of nitrogens with zero attached hydrogens (tertiary/aromatic N) is 1. The first-order chi connectivity index (χ1) is 8.54. The minimum Gasteiger partial charge on any atom is -0.508 e. The minimum absolute atomic E-state index is 0.331. The van der Waals surface area contributed by atoms with E-state index in [0.717, 1.165) is 19.4 Å². The fraction of sp³-hybridized carbons (Fsp3) is 0.600. The number of hydrogen-bond donors (Lipinski definition) is 1. The van der Waals surface area contributed by atoms with Crippen molar-refractivity contribution in [3.05, 3.63) is 29.8 Å². The van der Waals surface area contributed by atoms with Crippen molar-refractivity contribution >= 4 is 0 Å². The quantitative estimate of drug-likeness (QED) is 0.808. The molecule has 0 aliphatic carbocycles. The maximum absolute atomic E-state index is 9.23. The van der Waals surface area contributed by atoms with Crippen LogP contribution in [-0.4, -0.2) is 42.9 Å². The normalized spacial score (nSPS) is 14.7. The Morgan fingerprint density at radius 2 is 1.78 bits per heavy atom. The average Bonchev–Trinajstić information content (AvgIpc) is 2.37. The Balaban J connectivity index is 2.40. The standard InChI is InChI=1S/C15H25NO2/c1-12(16(3)13(2)11-18-4)5-6-14-7-9-15(17)10-8-14/h7-10,12-13,17H,5-6,11H2,1-4H3. The Morgan fingerprint density at radius 1 is 1.17 bits per heavy atom. The van der Waals surface area contributed by atoms with Gasteiger partial charge in [0.1, 0.15) is 5.75 Å². The SMILES string of the molecule is COCC(C)N(C)C(C)CCc1ccc(O)cc1. The van der Waals surface area contributed by atoms with E-state index in [2.05, 4.69) is 25.8 Å². The van der Waals surface area contributed by atoms with E-state index in [0.29, 0.717) is 17.8 Å². The van der Waals surface area contributed by atoms with Crippen molar-refractivity contribution in [2.75, 3.05) is 20.8 Å². The lowest BCUT2D eigenvalue weighted by Crippen LogP contribution is -2.39. The number of phenols is 1. The largest absolute Gasteiger partial charge is 0.508 e. The zero-order valence-corrected chi connectivity index (χ0v) is 11.9. The number of aryl methyl sites for hydroxylation is 1. The Hall–Kier alpha value is -1.06. The van der Waals surface area contributed by atoms with Crippen LogP contribution in [0.4, 0.5) is 0 Å². The van der Waals surface area contributed by atoms with Crippen LogP contribution < -0.4 is 0 Å². The number of benzene rings is 1. The van der Waals surface area contributed by atoms with Gasteiger partial charge in [0, 0.05) is 19.2 Å². The molecule has 0 saturated carbocycles. The van der Waals surface area contributed by atoms with Crippen molar-refractivity contribution in [3.63, 3.8) is 0 Å². The lowest BCUT2D eigenvalue weighted by Gasteiger charge is -2.30. The number of ether oxygens (including phenoxy) is 1. The van der Waals surface area contributed by atoms with Crippen molar-refractivity contribution in [1.82, 2.24) is 4.90 Å². The van der Waals surface area contributed by atoms with E-state index in [1.165, 1.54) is 5.56 Å². The van der Waals surface area contributed by atoms with Gasteiger partial charge in [-0.05, 0) is 51.4 Å². The third-order valence-corrected chi connectivity index (χ3v) is 3.59. The van der Waals surface area contributed by atoms with E-state index in [4.69, 9.17) is 4.74 Å². The van der Waals surface area contributed by atoms with Gasteiger partial charge in [0.15, 0.2) is 0 Å². The zero-order valence-electron chi connectivity index (χ0n) is 11.9. The molecule has 3 nitrogen and oxygen atoms in total. The van der Waals surface area contributed by atoms with E-state index in [-0.39, 0.29) is 0 Å². The Morgan fingerprint density at radius 3 is 2.33 bits per heavy atom. The van der Waals surface area contributed by atoms with Crippen LogP contribution in [0.2, 0.25) is 0 Å². The molecule has 102 valence electrons. The monoisotopic (exact) mass is 251 g/mol. The molecule has 1 rings (SSSR count). The molecular weight excluding hydrogens is 226 g/mol. The maximum atomic E-state index is 9.23. The minimum atomic E-state index is 0.331. The van der Waals surface area contributed by atoms with Crippen LogP contribution in [0.3, 0.4) is 0 Å². The molecule has 0 spiro atoms. The molecular formula is C15H25NO2. The first-order valence-corrected chi connectivity index (χ1v) is 6.53. The third-order valence-electron chi connectivity index (χ3n) is 3.59. The van der Waals surface area contributed by atoms with E-state index in [1.54, 1.807) is 19.2 Å². The van der Waals surface area contributed by atoms with E-state index >= 15 is 0 Å². The summed E-state index contributed by atoms with van der Waals surface area (Å²) in [4.78, 5) is 2.35. The van der Waals surface area contributed by atoms with Crippen molar-refractivity contribution in [2.45, 2.75) is 38.8 Å². The number of methoxy groups -OCH3 is 1. The predicted molar refractivity (Wildman–Crippen MR) is 75.0 cm³/mol. The Bertz CT molecular complexity index is 337. The smallest absolute Gasteiger partial charge is 0.115 e. The maximum Gasteiger partial charge on any atom is 0.115 e. The highest BCUT2D eigenvalue weighted by atomic mass is 16.5. The van der Waals surface area contributed by atoms with E-state index in [1.807, 2.05) is 12.1 Å². The molecule has 0 aliphatic heterocycles. The number of phenolic OH excluding ortho intramolecular Hbond substituents is 1. The Kier molecular flexibility index (Phi) is 6.16. The summed E-state index contributed by atoms with van der Waals surface area (Å²) in [5.41, 5.74) is 1.27. The van der Waals surface area contributed by atoms with Gasteiger partial charge in [0.2, 0.25) is 0 Å². The molecule has 0 heterocycles. The summed E-state index contributed by atoms with van der Waals surface area (Å²) in [6, 6.07) is 8.42. The molecule has 0 radical (unpaired) electrons. The van der Waals surface area contributed by atoms with Crippen molar-refractivity contribution < 1.29 is 9.84 Å². The number of aromatic hydroxyl groups is 1. The highest BCUT2D eigenvalue weighted by Gasteiger charge is 2.15. The molecule has 18 heavy (non-hydrogen) atoms. The number of rotatable bonds is 7. The first kappa shape index (κ1) is 15.0. The second-order valence-electron chi connectivity index (χ2n) is 5.02. The fourth-order valence-corrected chi connectivity index (χ4v) is 2.03. The Labute approximate surface area is 110 Å². The summed E-state index contributed by atoms with van der Waals surface area (Å²) in [6.45, 7) is 5.19. The molecule has 0 aliphatic rings. The van der Waals surface area contributed by atoms with Crippen LogP contribution >= 0.6 is 0 Å². The van der Waals surface area contributed by atoms with Gasteiger partial charge >= 0.3 is 0 Å². The molecule has 1 N–H and O–H groups in total. The number of likely N-dealkylation sites (N-methyl/N-ethyl adjacent to an activating group) is 1. The first-order valence-electron chi connectivity index (χ1n) is 6.53. The zero-order chi connectivity index (χ0) is 13.5. The molecule has 0 saturated heterocycles. The van der Waals surface area contributed by atoms with Gasteiger partial charge in [0.05, 0.1) is 6.61 Å². The second kappa shape index (κ2) is 7.39. The topological polar surface area (TPSA) is 32.7 Å². The average molecular weight is 251 g/mol. The fourth-order valence-electron chi connectivity index (χ4n) is 2.03. The lowest BCUT2D eigenvalue weighted by atomic mass is 10.0. The van der Waals surface area contributed by atoms with Gasteiger partial charge in [0.25, 0.3) is 0 Å². The van der Waals surface area contributed by atoms with Crippen molar-refractivity contribution in [2.24, 2.45) is 0 Å². The summed E-state index contributed by atoms with van der Waals surface area (Å²) < 4.78 is 5.18. The van der Waals surface area contributed by atoms with Crippen LogP contribution in [0.25, 0.3) is 0 Å². The second-order valence-corrected chi connectivity index (χ2v) is 5.02. The van der Waals surface area contributed by atoms with Gasteiger partial charge < -0.3 is 9.84 Å². The van der Waals surface area contributed by atoms with Crippen LogP contribution in [0.1, 0.15) is 25.8 Å². The summed E-state index contributed by atoms with van der Waals surface area (Å²) in [5.74, 6) is 0.331. The summed E-state index contributed by atoms with van der Waals surface area (Å²) in [7, 11) is 3.89. The summed E-state index contributed by atoms with van der Waals surface area (Å²) in [6.07, 6.45) is 2.14. The highest BCUT2D eigenvalue weighted by molar-refractivity contribution is 5.25. The van der Waals surface area contributed by atoms with E-state index in [9.17, 15) is 5.11 Å². The van der Waals surface area contributed by atoms with Crippen molar-refractivity contribution in [3.8, 4) is 5.75 Å². The summed E-state index contributed by atoms with van der Waals surface area (Å²) in [5, 5.41) is 9.23. The van der Waals surface area contributed by atoms with Crippen molar-refractivity contribution in [1.29, 1.82) is 0 Å². The summed E-state index contributed by atoms with van der Waals surface area (Å²) >= 11 is 0. The molecule has 3 heteroatoms. The third kappa shape index (κ3) is 4.67. The van der Waals surface area contributed by atoms with Gasteiger partial charge in [-0.15, -0.1) is 0 Å². The molecule has 0 amide bonds. The lowest BCUT2D eigenvalue weighted by molar-refractivity contribution is 0.0914. The van der Waals surface area contributed by atoms with Gasteiger partial charge in [-0.3, -0.25) is 4.90 Å². The van der Waals surface area contributed by atoms with Crippen LogP contribution in [0, 0.1) is 0 Å². The molecule has 1 aromatic carbocycles. The van der Waals surface area contributed by atoms with Gasteiger partial charge in [-0.25, -0.2) is 0 Å². The molecule has 2 unspecified atom stereocenters. The van der Waals surface area contributed by atoms with Crippen LogP contribution in [0.5, 0.6) is 5.75 Å². The highest BCUT2D eigenvalue weighted by Crippen LogP contribution is 2.14. The predicted octanol–water partition coefficient (Wildman–Crippen LogP) is 2.68. The van der Waals surface area contributed by atoms with Gasteiger partial charge in [-0.2, -0.15) is 0 Å². The molecule has 0 fully saturated rings. The number of hydrogen-bond acceptors (Lipinski definition) is 3. The van der Waals surface area contributed by atoms with E-state index < -0.39 is 0 Å².